The minimum absolute atomic E-state index is 0.878. The summed E-state index contributed by atoms with van der Waals surface area (Å²) in [6.07, 6.45) is 0. The predicted molar refractivity (Wildman–Crippen MR) is 106 cm³/mol. The van der Waals surface area contributed by atoms with Gasteiger partial charge in [-0.2, -0.15) is 0 Å². The summed E-state index contributed by atoms with van der Waals surface area (Å²) in [5.41, 5.74) is 8.63. The molecule has 0 bridgehead atoms. The third-order valence-corrected chi connectivity index (χ3v) is 5.03. The van der Waals surface area contributed by atoms with E-state index in [2.05, 4.69) is 79.3 Å². The fourth-order valence-corrected chi connectivity index (χ4v) is 3.64. The molecule has 1 heterocycles. The topological polar surface area (TPSA) is 15.7 Å². The molecular formula is C22H22N2O. The Morgan fingerprint density at radius 1 is 0.720 bits per heavy atom. The zero-order valence-corrected chi connectivity index (χ0v) is 15.1. The second-order valence-corrected chi connectivity index (χ2v) is 6.49. The SMILES string of the molecule is COc1ccc(-c2ccc3c(c2)N(C)c2c(C)cccc2N3C)cc1. The molecule has 4 rings (SSSR count). The summed E-state index contributed by atoms with van der Waals surface area (Å²) in [5.74, 6) is 0.878. The van der Waals surface area contributed by atoms with Gasteiger partial charge in [-0.1, -0.05) is 30.3 Å². The van der Waals surface area contributed by atoms with Crippen LogP contribution in [0, 0.1) is 6.92 Å². The molecule has 0 N–H and O–H groups in total. The highest BCUT2D eigenvalue weighted by Gasteiger charge is 2.25. The quantitative estimate of drug-likeness (QED) is 0.615. The molecule has 0 saturated heterocycles. The molecule has 0 spiro atoms. The molecule has 25 heavy (non-hydrogen) atoms. The summed E-state index contributed by atoms with van der Waals surface area (Å²) in [5, 5.41) is 0. The Bertz CT molecular complexity index is 931. The number of hydrogen-bond donors (Lipinski definition) is 0. The van der Waals surface area contributed by atoms with E-state index in [4.69, 9.17) is 4.74 Å². The average Bonchev–Trinajstić information content (AvgIpc) is 2.65. The van der Waals surface area contributed by atoms with Crippen LogP contribution in [0.1, 0.15) is 5.56 Å². The number of fused-ring (bicyclic) bond motifs is 2. The highest BCUT2D eigenvalue weighted by molar-refractivity contribution is 5.95. The van der Waals surface area contributed by atoms with Crippen LogP contribution < -0.4 is 14.5 Å². The molecule has 3 aromatic rings. The lowest BCUT2D eigenvalue weighted by Gasteiger charge is -2.37. The van der Waals surface area contributed by atoms with Crippen molar-refractivity contribution in [2.45, 2.75) is 6.92 Å². The maximum Gasteiger partial charge on any atom is 0.118 e. The second-order valence-electron chi connectivity index (χ2n) is 6.49. The molecule has 0 aromatic heterocycles. The van der Waals surface area contributed by atoms with E-state index < -0.39 is 0 Å². The minimum Gasteiger partial charge on any atom is -0.497 e. The first-order valence-electron chi connectivity index (χ1n) is 8.45. The molecule has 0 radical (unpaired) electrons. The number of anilines is 4. The first kappa shape index (κ1) is 15.6. The number of nitrogens with zero attached hydrogens (tertiary/aromatic N) is 2. The Hall–Kier alpha value is -2.94. The number of methoxy groups -OCH3 is 1. The molecule has 0 aliphatic carbocycles. The number of rotatable bonds is 2. The molecule has 1 aliphatic rings. The highest BCUT2D eigenvalue weighted by atomic mass is 16.5. The predicted octanol–water partition coefficient (Wildman–Crippen LogP) is 5.52. The molecule has 3 aromatic carbocycles. The van der Waals surface area contributed by atoms with E-state index in [-0.39, 0.29) is 0 Å². The van der Waals surface area contributed by atoms with E-state index >= 15 is 0 Å². The second kappa shape index (κ2) is 5.85. The van der Waals surface area contributed by atoms with E-state index in [0.29, 0.717) is 0 Å². The van der Waals surface area contributed by atoms with Gasteiger partial charge in [0.05, 0.1) is 29.9 Å². The Kier molecular flexibility index (Phi) is 3.65. The lowest BCUT2D eigenvalue weighted by atomic mass is 10.00. The highest BCUT2D eigenvalue weighted by Crippen LogP contribution is 2.48. The van der Waals surface area contributed by atoms with Crippen LogP contribution in [0.4, 0.5) is 22.7 Å². The maximum atomic E-state index is 5.26. The van der Waals surface area contributed by atoms with Crippen molar-refractivity contribution in [3.8, 4) is 16.9 Å². The molecule has 3 nitrogen and oxygen atoms in total. The number of aryl methyl sites for hydroxylation is 1. The fourth-order valence-electron chi connectivity index (χ4n) is 3.64. The molecular weight excluding hydrogens is 308 g/mol. The van der Waals surface area contributed by atoms with Gasteiger partial charge in [0.2, 0.25) is 0 Å². The van der Waals surface area contributed by atoms with Gasteiger partial charge in [0.15, 0.2) is 0 Å². The van der Waals surface area contributed by atoms with E-state index in [1.54, 1.807) is 7.11 Å². The van der Waals surface area contributed by atoms with E-state index in [1.165, 1.54) is 39.4 Å². The van der Waals surface area contributed by atoms with Crippen LogP contribution in [0.15, 0.2) is 60.7 Å². The first-order chi connectivity index (χ1) is 12.1. The van der Waals surface area contributed by atoms with Gasteiger partial charge in [-0.05, 0) is 53.9 Å². The number of para-hydroxylation sites is 1. The Labute approximate surface area is 149 Å². The third-order valence-electron chi connectivity index (χ3n) is 5.03. The summed E-state index contributed by atoms with van der Waals surface area (Å²) in [4.78, 5) is 4.57. The van der Waals surface area contributed by atoms with Crippen LogP contribution in [0.2, 0.25) is 0 Å². The summed E-state index contributed by atoms with van der Waals surface area (Å²) >= 11 is 0. The van der Waals surface area contributed by atoms with Crippen LogP contribution in [-0.2, 0) is 0 Å². The van der Waals surface area contributed by atoms with Crippen molar-refractivity contribution in [3.63, 3.8) is 0 Å². The monoisotopic (exact) mass is 330 g/mol. The largest absolute Gasteiger partial charge is 0.497 e. The fraction of sp³-hybridized carbons (Fsp3) is 0.182. The zero-order chi connectivity index (χ0) is 17.6. The van der Waals surface area contributed by atoms with Crippen LogP contribution in [0.25, 0.3) is 11.1 Å². The van der Waals surface area contributed by atoms with Crippen molar-refractivity contribution >= 4 is 22.7 Å². The molecule has 1 aliphatic heterocycles. The van der Waals surface area contributed by atoms with Crippen LogP contribution >= 0.6 is 0 Å². The number of ether oxygens (including phenoxy) is 1. The Morgan fingerprint density at radius 3 is 2.16 bits per heavy atom. The van der Waals surface area contributed by atoms with Crippen molar-refractivity contribution in [3.05, 3.63) is 66.2 Å². The molecule has 0 fully saturated rings. The normalized spacial score (nSPS) is 12.6. The van der Waals surface area contributed by atoms with Gasteiger partial charge in [0.25, 0.3) is 0 Å². The van der Waals surface area contributed by atoms with Crippen molar-refractivity contribution < 1.29 is 4.74 Å². The Morgan fingerprint density at radius 2 is 1.44 bits per heavy atom. The summed E-state index contributed by atoms with van der Waals surface area (Å²) in [7, 11) is 5.98. The summed E-state index contributed by atoms with van der Waals surface area (Å²) in [6, 6.07) is 21.3. The lowest BCUT2D eigenvalue weighted by molar-refractivity contribution is 0.415. The van der Waals surface area contributed by atoms with E-state index in [9.17, 15) is 0 Å². The van der Waals surface area contributed by atoms with Gasteiger partial charge < -0.3 is 14.5 Å². The standard InChI is InChI=1S/C22H22N2O/c1-15-6-5-7-20-22(15)24(3)21-14-17(10-13-19(21)23(20)2)16-8-11-18(25-4)12-9-16/h5-14H,1-4H3. The summed E-state index contributed by atoms with van der Waals surface area (Å²) in [6.45, 7) is 2.17. The molecule has 0 atom stereocenters. The van der Waals surface area contributed by atoms with Gasteiger partial charge in [0, 0.05) is 14.1 Å². The van der Waals surface area contributed by atoms with Crippen molar-refractivity contribution in [2.24, 2.45) is 0 Å². The van der Waals surface area contributed by atoms with Crippen LogP contribution in [0.5, 0.6) is 5.75 Å². The van der Waals surface area contributed by atoms with Crippen molar-refractivity contribution in [1.82, 2.24) is 0 Å². The van der Waals surface area contributed by atoms with Gasteiger partial charge in [0.1, 0.15) is 5.75 Å². The summed E-state index contributed by atoms with van der Waals surface area (Å²) < 4.78 is 5.26. The zero-order valence-electron chi connectivity index (χ0n) is 15.1. The van der Waals surface area contributed by atoms with Gasteiger partial charge in [-0.25, -0.2) is 0 Å². The molecule has 3 heteroatoms. The van der Waals surface area contributed by atoms with Crippen LogP contribution in [0.3, 0.4) is 0 Å². The third kappa shape index (κ3) is 2.43. The number of benzene rings is 3. The molecule has 0 amide bonds. The molecule has 0 unspecified atom stereocenters. The van der Waals surface area contributed by atoms with E-state index in [1.807, 2.05) is 12.1 Å². The van der Waals surface area contributed by atoms with Crippen molar-refractivity contribution in [2.75, 3.05) is 31.0 Å². The van der Waals surface area contributed by atoms with Gasteiger partial charge in [-0.15, -0.1) is 0 Å². The Balaban J connectivity index is 1.82. The van der Waals surface area contributed by atoms with Gasteiger partial charge >= 0.3 is 0 Å². The van der Waals surface area contributed by atoms with Crippen molar-refractivity contribution in [1.29, 1.82) is 0 Å². The minimum atomic E-state index is 0.878. The molecule has 0 saturated carbocycles. The van der Waals surface area contributed by atoms with Gasteiger partial charge in [-0.3, -0.25) is 0 Å². The smallest absolute Gasteiger partial charge is 0.118 e. The first-order valence-corrected chi connectivity index (χ1v) is 8.45. The maximum absolute atomic E-state index is 5.26. The van der Waals surface area contributed by atoms with Crippen LogP contribution in [-0.4, -0.2) is 21.2 Å². The number of hydrogen-bond acceptors (Lipinski definition) is 3. The van der Waals surface area contributed by atoms with E-state index in [0.717, 1.165) is 5.75 Å². The molecule has 126 valence electrons. The lowest BCUT2D eigenvalue weighted by Crippen LogP contribution is -2.25. The average molecular weight is 330 g/mol.